The minimum Gasteiger partial charge on any atom is -0.341 e. The van der Waals surface area contributed by atoms with Gasteiger partial charge in [-0.15, -0.1) is 0 Å². The van der Waals surface area contributed by atoms with Crippen LogP contribution in [0.4, 0.5) is 0 Å². The molecular weight excluding hydrogens is 490 g/mol. The zero-order valence-electron chi connectivity index (χ0n) is 21.4. The second kappa shape index (κ2) is 13.8. The summed E-state index contributed by atoms with van der Waals surface area (Å²) in [4.78, 5) is 16.9. The summed E-state index contributed by atoms with van der Waals surface area (Å²) in [6.07, 6.45) is 3.70. The molecule has 0 fully saturated rings. The van der Waals surface area contributed by atoms with E-state index in [1.165, 1.54) is 11.1 Å². The Labute approximate surface area is 228 Å². The highest BCUT2D eigenvalue weighted by molar-refractivity contribution is 7.96. The van der Waals surface area contributed by atoms with Gasteiger partial charge in [-0.3, -0.25) is 9.97 Å². The molecule has 194 valence electrons. The Morgan fingerprint density at radius 1 is 0.711 bits per heavy atom. The molecule has 3 N–H and O–H groups in total. The Morgan fingerprint density at radius 3 is 2.21 bits per heavy atom. The minimum atomic E-state index is 0.711. The lowest BCUT2D eigenvalue weighted by Gasteiger charge is -2.21. The number of rotatable bonds is 14. The Bertz CT molecular complexity index is 1340. The van der Waals surface area contributed by atoms with Crippen LogP contribution >= 0.6 is 11.9 Å². The molecule has 0 unspecified atom stereocenters. The van der Waals surface area contributed by atoms with Gasteiger partial charge in [0.15, 0.2) is 0 Å². The zero-order valence-corrected chi connectivity index (χ0v) is 22.2. The molecular formula is C30H33N7S. The number of benzene rings is 2. The van der Waals surface area contributed by atoms with Crippen molar-refractivity contribution in [2.24, 2.45) is 0 Å². The van der Waals surface area contributed by atoms with Crippen molar-refractivity contribution < 1.29 is 0 Å². The van der Waals surface area contributed by atoms with Crippen molar-refractivity contribution in [2.45, 2.75) is 31.9 Å². The second-order valence-corrected chi connectivity index (χ2v) is 10.1. The number of nitrogens with one attached hydrogen (secondary N) is 3. The number of imidazole rings is 1. The topological polar surface area (TPSA) is 81.8 Å². The summed E-state index contributed by atoms with van der Waals surface area (Å²) in [6, 6.07) is 29.1. The summed E-state index contributed by atoms with van der Waals surface area (Å²) < 4.78 is 2.39. The third-order valence-electron chi connectivity index (χ3n) is 6.13. The van der Waals surface area contributed by atoms with E-state index in [9.17, 15) is 0 Å². The highest BCUT2D eigenvalue weighted by Crippen LogP contribution is 2.20. The molecule has 0 amide bonds. The first-order chi connectivity index (χ1) is 18.8. The molecule has 5 rings (SSSR count). The maximum Gasteiger partial charge on any atom is 0.121 e. The number of aromatic amines is 1. The molecule has 0 atom stereocenters. The van der Waals surface area contributed by atoms with Crippen molar-refractivity contribution >= 4 is 23.0 Å². The number of H-pyrrole nitrogens is 1. The molecule has 3 heterocycles. The van der Waals surface area contributed by atoms with Gasteiger partial charge in [-0.1, -0.05) is 60.5 Å². The van der Waals surface area contributed by atoms with Crippen LogP contribution in [0.3, 0.4) is 0 Å². The zero-order chi connectivity index (χ0) is 25.8. The SMILES string of the molecule is c1ccc(CNCCN(Cc2ccccn2)SCc2ccc(CNCc3nc4ccccc4[nH]3)cc2)nc1. The van der Waals surface area contributed by atoms with Gasteiger partial charge in [-0.05, 0) is 47.5 Å². The van der Waals surface area contributed by atoms with Crippen molar-refractivity contribution in [3.63, 3.8) is 0 Å². The lowest BCUT2D eigenvalue weighted by molar-refractivity contribution is 0.445. The molecule has 3 aromatic heterocycles. The first-order valence-corrected chi connectivity index (χ1v) is 13.9. The summed E-state index contributed by atoms with van der Waals surface area (Å²) in [5.41, 5.74) is 6.79. The van der Waals surface area contributed by atoms with E-state index in [0.717, 1.165) is 66.7 Å². The number of hydrogen-bond acceptors (Lipinski definition) is 7. The maximum absolute atomic E-state index is 4.63. The molecule has 0 radical (unpaired) electrons. The van der Waals surface area contributed by atoms with Gasteiger partial charge in [0.1, 0.15) is 5.82 Å². The van der Waals surface area contributed by atoms with Crippen molar-refractivity contribution in [2.75, 3.05) is 13.1 Å². The molecule has 0 aliphatic rings. The van der Waals surface area contributed by atoms with E-state index >= 15 is 0 Å². The molecule has 0 aliphatic heterocycles. The molecule has 5 aromatic rings. The van der Waals surface area contributed by atoms with Crippen LogP contribution in [0.25, 0.3) is 11.0 Å². The van der Waals surface area contributed by atoms with Gasteiger partial charge in [0.05, 0.1) is 35.5 Å². The van der Waals surface area contributed by atoms with Gasteiger partial charge < -0.3 is 15.6 Å². The van der Waals surface area contributed by atoms with Crippen LogP contribution < -0.4 is 10.6 Å². The van der Waals surface area contributed by atoms with Crippen molar-refractivity contribution in [1.29, 1.82) is 0 Å². The molecule has 8 heteroatoms. The van der Waals surface area contributed by atoms with E-state index in [1.54, 1.807) is 0 Å². The van der Waals surface area contributed by atoms with E-state index in [4.69, 9.17) is 0 Å². The Balaban J connectivity index is 1.08. The minimum absolute atomic E-state index is 0.711. The molecule has 38 heavy (non-hydrogen) atoms. The van der Waals surface area contributed by atoms with Crippen LogP contribution in [-0.2, 0) is 31.9 Å². The molecule has 0 aliphatic carbocycles. The average molecular weight is 524 g/mol. The number of aromatic nitrogens is 4. The van der Waals surface area contributed by atoms with Crippen LogP contribution in [0.2, 0.25) is 0 Å². The molecule has 0 spiro atoms. The van der Waals surface area contributed by atoms with E-state index < -0.39 is 0 Å². The molecule has 0 bridgehead atoms. The second-order valence-electron chi connectivity index (χ2n) is 9.08. The normalized spacial score (nSPS) is 11.4. The smallest absolute Gasteiger partial charge is 0.121 e. The largest absolute Gasteiger partial charge is 0.341 e. The van der Waals surface area contributed by atoms with E-state index in [0.29, 0.717) is 6.54 Å². The van der Waals surface area contributed by atoms with Crippen LogP contribution in [-0.4, -0.2) is 37.3 Å². The summed E-state index contributed by atoms with van der Waals surface area (Å²) in [6.45, 7) is 4.89. The van der Waals surface area contributed by atoms with Gasteiger partial charge in [0.25, 0.3) is 0 Å². The van der Waals surface area contributed by atoms with Gasteiger partial charge >= 0.3 is 0 Å². The monoisotopic (exact) mass is 523 g/mol. The fourth-order valence-electron chi connectivity index (χ4n) is 4.12. The first-order valence-electron chi connectivity index (χ1n) is 12.9. The van der Waals surface area contributed by atoms with Crippen LogP contribution in [0.15, 0.2) is 97.3 Å². The Kier molecular flexibility index (Phi) is 9.49. The lowest BCUT2D eigenvalue weighted by atomic mass is 10.1. The number of fused-ring (bicyclic) bond motifs is 1. The van der Waals surface area contributed by atoms with Crippen LogP contribution in [0, 0.1) is 0 Å². The summed E-state index contributed by atoms with van der Waals surface area (Å²) in [5.74, 6) is 1.88. The third kappa shape index (κ3) is 7.97. The summed E-state index contributed by atoms with van der Waals surface area (Å²) >= 11 is 1.85. The first kappa shape index (κ1) is 26.1. The molecule has 2 aromatic carbocycles. The molecule has 0 saturated heterocycles. The summed E-state index contributed by atoms with van der Waals surface area (Å²) in [5, 5.41) is 7.00. The Hall–Kier alpha value is -3.56. The quantitative estimate of drug-likeness (QED) is 0.138. The average Bonchev–Trinajstić information content (AvgIpc) is 3.38. The van der Waals surface area contributed by atoms with E-state index in [1.807, 2.05) is 72.9 Å². The predicted octanol–water partition coefficient (Wildman–Crippen LogP) is 5.08. The van der Waals surface area contributed by atoms with Gasteiger partial charge in [0.2, 0.25) is 0 Å². The fraction of sp³-hybridized carbons (Fsp3) is 0.233. The Morgan fingerprint density at radius 2 is 1.45 bits per heavy atom. The van der Waals surface area contributed by atoms with Crippen molar-refractivity contribution in [3.8, 4) is 0 Å². The predicted molar refractivity (Wildman–Crippen MR) is 155 cm³/mol. The number of para-hydroxylation sites is 2. The number of pyridine rings is 2. The fourth-order valence-corrected chi connectivity index (χ4v) is 5.09. The van der Waals surface area contributed by atoms with Gasteiger partial charge in [-0.25, -0.2) is 9.29 Å². The maximum atomic E-state index is 4.63. The van der Waals surface area contributed by atoms with Crippen LogP contribution in [0.1, 0.15) is 28.3 Å². The van der Waals surface area contributed by atoms with Crippen LogP contribution in [0.5, 0.6) is 0 Å². The van der Waals surface area contributed by atoms with Gasteiger partial charge in [-0.2, -0.15) is 0 Å². The lowest BCUT2D eigenvalue weighted by Crippen LogP contribution is -2.28. The van der Waals surface area contributed by atoms with E-state index in [2.05, 4.69) is 71.3 Å². The standard InChI is InChI=1S/C30H33N7S/c1-2-10-29-28(9-1)35-30(36-29)21-32-19-24-11-13-25(14-12-24)23-38-37(22-27-8-4-6-16-34-27)18-17-31-20-26-7-3-5-15-33-26/h1-16,31-32H,17-23H2,(H,35,36). The van der Waals surface area contributed by atoms with Crippen molar-refractivity contribution in [3.05, 3.63) is 126 Å². The highest BCUT2D eigenvalue weighted by atomic mass is 32.2. The highest BCUT2D eigenvalue weighted by Gasteiger charge is 2.09. The van der Waals surface area contributed by atoms with E-state index in [-0.39, 0.29) is 0 Å². The molecule has 0 saturated carbocycles. The number of nitrogens with zero attached hydrogens (tertiary/aromatic N) is 4. The summed E-state index contributed by atoms with van der Waals surface area (Å²) in [7, 11) is 0. The number of hydrogen-bond donors (Lipinski definition) is 3. The third-order valence-corrected chi connectivity index (χ3v) is 7.27. The molecule has 7 nitrogen and oxygen atoms in total. The van der Waals surface area contributed by atoms with Crippen molar-refractivity contribution in [1.82, 2.24) is 34.9 Å². The van der Waals surface area contributed by atoms with Gasteiger partial charge in [0, 0.05) is 44.3 Å².